The van der Waals surface area contributed by atoms with E-state index in [9.17, 15) is 4.21 Å². The zero-order valence-electron chi connectivity index (χ0n) is 9.65. The average Bonchev–Trinajstić information content (AvgIpc) is 2.69. The highest BCUT2D eigenvalue weighted by atomic mass is 79.9. The van der Waals surface area contributed by atoms with E-state index in [1.165, 1.54) is 0 Å². The Hall–Kier alpha value is -0.650. The van der Waals surface area contributed by atoms with Gasteiger partial charge in [0, 0.05) is 21.0 Å². The van der Waals surface area contributed by atoms with E-state index < -0.39 is 10.8 Å². The van der Waals surface area contributed by atoms with E-state index in [-0.39, 0.29) is 0 Å². The van der Waals surface area contributed by atoms with Crippen molar-refractivity contribution in [2.75, 3.05) is 0 Å². The Morgan fingerprint density at radius 2 is 2.22 bits per heavy atom. The second kappa shape index (κ2) is 5.99. The zero-order valence-corrected chi connectivity index (χ0v) is 12.8. The quantitative estimate of drug-likeness (QED) is 0.843. The van der Waals surface area contributed by atoms with E-state index >= 15 is 0 Å². The van der Waals surface area contributed by atoms with Crippen LogP contribution in [0.15, 0.2) is 33.3 Å². The second-order valence-electron chi connectivity index (χ2n) is 3.84. The maximum Gasteiger partial charge on any atom is 0.206 e. The fraction of sp³-hybridized carbons (Fsp3) is 0.250. The molecule has 0 N–H and O–H groups in total. The summed E-state index contributed by atoms with van der Waals surface area (Å²) in [7, 11) is -1.05. The van der Waals surface area contributed by atoms with Crippen molar-refractivity contribution >= 4 is 38.3 Å². The molecule has 6 heteroatoms. The third-order valence-corrected chi connectivity index (χ3v) is 4.72. The maximum atomic E-state index is 11.9. The summed E-state index contributed by atoms with van der Waals surface area (Å²) < 4.78 is 18.1. The number of nitrogens with zero attached hydrogens (tertiary/aromatic N) is 1. The van der Waals surface area contributed by atoms with Crippen LogP contribution in [-0.2, 0) is 22.3 Å². The van der Waals surface area contributed by atoms with Gasteiger partial charge in [0.05, 0.1) is 11.2 Å². The molecule has 18 heavy (non-hydrogen) atoms. The number of oxazole rings is 1. The number of halogens is 2. The van der Waals surface area contributed by atoms with Crippen molar-refractivity contribution in [3.63, 3.8) is 0 Å². The molecule has 1 aromatic heterocycles. The maximum absolute atomic E-state index is 11.9. The van der Waals surface area contributed by atoms with E-state index in [1.807, 2.05) is 25.1 Å². The minimum atomic E-state index is -1.05. The molecule has 0 saturated carbocycles. The van der Waals surface area contributed by atoms with E-state index in [0.29, 0.717) is 22.4 Å². The summed E-state index contributed by atoms with van der Waals surface area (Å²) in [6, 6.07) is 5.56. The highest BCUT2D eigenvalue weighted by molar-refractivity contribution is 9.10. The van der Waals surface area contributed by atoms with E-state index in [4.69, 9.17) is 16.0 Å². The van der Waals surface area contributed by atoms with Gasteiger partial charge in [-0.3, -0.25) is 4.21 Å². The Morgan fingerprint density at radius 1 is 1.44 bits per heavy atom. The Bertz CT molecular complexity index is 585. The molecule has 0 amide bonds. The van der Waals surface area contributed by atoms with Gasteiger partial charge in [-0.1, -0.05) is 17.7 Å². The van der Waals surface area contributed by atoms with Gasteiger partial charge in [-0.25, -0.2) is 4.98 Å². The lowest BCUT2D eigenvalue weighted by Gasteiger charge is -2.02. The highest BCUT2D eigenvalue weighted by Gasteiger charge is 2.09. The highest BCUT2D eigenvalue weighted by Crippen LogP contribution is 2.24. The summed E-state index contributed by atoms with van der Waals surface area (Å²) in [5.41, 5.74) is 0.935. The SMILES string of the molecule is Cc1cnc(C[S@](=O)Cc2ccc(Br)c(Cl)c2)o1. The van der Waals surface area contributed by atoms with Gasteiger partial charge in [0.2, 0.25) is 5.89 Å². The smallest absolute Gasteiger partial charge is 0.206 e. The molecule has 0 spiro atoms. The molecular weight excluding hydrogens is 338 g/mol. The number of benzene rings is 1. The monoisotopic (exact) mass is 347 g/mol. The summed E-state index contributed by atoms with van der Waals surface area (Å²) in [6.07, 6.45) is 1.63. The summed E-state index contributed by atoms with van der Waals surface area (Å²) in [5.74, 6) is 2.00. The van der Waals surface area contributed by atoms with Crippen LogP contribution in [0.2, 0.25) is 5.02 Å². The fourth-order valence-corrected chi connectivity index (χ4v) is 2.98. The molecule has 96 valence electrons. The number of aromatic nitrogens is 1. The fourth-order valence-electron chi connectivity index (χ4n) is 1.47. The second-order valence-corrected chi connectivity index (χ2v) is 6.56. The van der Waals surface area contributed by atoms with Crippen LogP contribution < -0.4 is 0 Å². The molecule has 2 rings (SSSR count). The molecule has 0 saturated heterocycles. The van der Waals surface area contributed by atoms with Crippen LogP contribution in [0.3, 0.4) is 0 Å². The average molecular weight is 349 g/mol. The molecule has 1 atom stereocenters. The van der Waals surface area contributed by atoms with Crippen molar-refractivity contribution in [2.24, 2.45) is 0 Å². The third-order valence-electron chi connectivity index (χ3n) is 2.27. The lowest BCUT2D eigenvalue weighted by atomic mass is 10.2. The number of hydrogen-bond acceptors (Lipinski definition) is 3. The predicted octanol–water partition coefficient (Wildman–Crippen LogP) is 3.85. The number of hydrogen-bond donors (Lipinski definition) is 0. The molecule has 1 heterocycles. The molecular formula is C12H11BrClNO2S. The van der Waals surface area contributed by atoms with Crippen molar-refractivity contribution in [3.8, 4) is 0 Å². The Morgan fingerprint density at radius 3 is 2.83 bits per heavy atom. The summed E-state index contributed by atoms with van der Waals surface area (Å²) in [4.78, 5) is 4.04. The number of aryl methyl sites for hydroxylation is 1. The van der Waals surface area contributed by atoms with Crippen LogP contribution in [0.5, 0.6) is 0 Å². The van der Waals surface area contributed by atoms with Crippen molar-refractivity contribution in [1.82, 2.24) is 4.98 Å². The van der Waals surface area contributed by atoms with Crippen LogP contribution in [0, 0.1) is 6.92 Å². The largest absolute Gasteiger partial charge is 0.445 e. The first-order chi connectivity index (χ1) is 8.54. The van der Waals surface area contributed by atoms with Gasteiger partial charge in [0.15, 0.2) is 0 Å². The van der Waals surface area contributed by atoms with Crippen LogP contribution in [0.25, 0.3) is 0 Å². The van der Waals surface area contributed by atoms with Crippen LogP contribution >= 0.6 is 27.5 Å². The first kappa shape index (κ1) is 13.8. The van der Waals surface area contributed by atoms with E-state index in [1.54, 1.807) is 6.20 Å². The molecule has 2 aromatic rings. The Balaban J connectivity index is 2.00. The van der Waals surface area contributed by atoms with Gasteiger partial charge in [0.1, 0.15) is 11.5 Å². The van der Waals surface area contributed by atoms with Gasteiger partial charge in [-0.2, -0.15) is 0 Å². The normalized spacial score (nSPS) is 12.6. The molecule has 0 bridgehead atoms. The Kier molecular flexibility index (Phi) is 4.59. The number of rotatable bonds is 4. The van der Waals surface area contributed by atoms with Crippen LogP contribution in [0.4, 0.5) is 0 Å². The topological polar surface area (TPSA) is 43.1 Å². The standard InChI is InChI=1S/C12H11BrClNO2S/c1-8-5-15-12(17-8)7-18(16)6-9-2-3-10(13)11(14)4-9/h2-5H,6-7H2,1H3/t18-/m1/s1. The molecule has 1 aromatic carbocycles. The van der Waals surface area contributed by atoms with Crippen molar-refractivity contribution < 1.29 is 8.63 Å². The van der Waals surface area contributed by atoms with Crippen LogP contribution in [-0.4, -0.2) is 9.19 Å². The molecule has 0 aliphatic carbocycles. The molecule has 3 nitrogen and oxygen atoms in total. The van der Waals surface area contributed by atoms with Gasteiger partial charge >= 0.3 is 0 Å². The molecule has 0 fully saturated rings. The minimum absolute atomic E-state index is 0.321. The van der Waals surface area contributed by atoms with E-state index in [0.717, 1.165) is 15.8 Å². The minimum Gasteiger partial charge on any atom is -0.445 e. The molecule has 0 aliphatic rings. The van der Waals surface area contributed by atoms with Crippen LogP contribution in [0.1, 0.15) is 17.2 Å². The van der Waals surface area contributed by atoms with Crippen molar-refractivity contribution in [1.29, 1.82) is 0 Å². The van der Waals surface area contributed by atoms with Gasteiger partial charge in [-0.15, -0.1) is 0 Å². The van der Waals surface area contributed by atoms with Gasteiger partial charge in [-0.05, 0) is 40.5 Å². The summed E-state index contributed by atoms with van der Waals surface area (Å²) in [6.45, 7) is 1.81. The first-order valence-corrected chi connectivity index (χ1v) is 7.90. The lowest BCUT2D eigenvalue weighted by molar-refractivity contribution is 0.488. The molecule has 0 aliphatic heterocycles. The van der Waals surface area contributed by atoms with E-state index in [2.05, 4.69) is 20.9 Å². The van der Waals surface area contributed by atoms with Crippen molar-refractivity contribution in [2.45, 2.75) is 18.4 Å². The Labute approximate surface area is 121 Å². The summed E-state index contributed by atoms with van der Waals surface area (Å²) >= 11 is 9.30. The summed E-state index contributed by atoms with van der Waals surface area (Å²) in [5, 5.41) is 0.622. The molecule has 0 unspecified atom stereocenters. The van der Waals surface area contributed by atoms with Crippen molar-refractivity contribution in [3.05, 3.63) is 51.1 Å². The predicted molar refractivity (Wildman–Crippen MR) is 75.9 cm³/mol. The first-order valence-electron chi connectivity index (χ1n) is 5.25. The molecule has 0 radical (unpaired) electrons. The lowest BCUT2D eigenvalue weighted by Crippen LogP contribution is -1.99. The van der Waals surface area contributed by atoms with Gasteiger partial charge in [0.25, 0.3) is 0 Å². The zero-order chi connectivity index (χ0) is 13.1. The van der Waals surface area contributed by atoms with Gasteiger partial charge < -0.3 is 4.42 Å². The third kappa shape index (κ3) is 3.67.